The number of cyclic esters (lactones) is 1. The summed E-state index contributed by atoms with van der Waals surface area (Å²) in [6.45, 7) is 11.1. The normalized spacial score (nSPS) is 20.8. The number of fused-ring (bicyclic) bond motifs is 5. The summed E-state index contributed by atoms with van der Waals surface area (Å²) < 4.78 is 63.0. The molecule has 3 fully saturated rings. The van der Waals surface area contributed by atoms with Crippen LogP contribution in [0.3, 0.4) is 0 Å². The van der Waals surface area contributed by atoms with Gasteiger partial charge in [0.25, 0.3) is 0 Å². The van der Waals surface area contributed by atoms with E-state index >= 15 is 8.78 Å². The molecule has 56 heavy (non-hydrogen) atoms. The molecule has 4 aliphatic rings. The molecule has 3 aliphatic heterocycles. The lowest BCUT2D eigenvalue weighted by molar-refractivity contribution is -0.0133. The Bertz CT molecular complexity index is 2240. The molecule has 14 heteroatoms. The number of hydrogen-bond acceptors (Lipinski definition) is 9. The topological polar surface area (TPSA) is 109 Å². The van der Waals surface area contributed by atoms with Gasteiger partial charge in [-0.3, -0.25) is 9.69 Å². The van der Waals surface area contributed by atoms with Crippen LogP contribution in [0.2, 0.25) is 5.04 Å². The number of benzene rings is 3. The molecule has 1 aromatic heterocycles. The molecule has 294 valence electrons. The molecule has 8 rings (SSSR count). The Morgan fingerprint density at radius 1 is 0.964 bits per heavy atom. The molecule has 0 unspecified atom stereocenters. The highest BCUT2D eigenvalue weighted by Crippen LogP contribution is 2.48. The average Bonchev–Trinajstić information content (AvgIpc) is 3.80. The summed E-state index contributed by atoms with van der Waals surface area (Å²) in [5, 5.41) is 0.0278. The van der Waals surface area contributed by atoms with Crippen LogP contribution in [0, 0.1) is 17.6 Å². The first-order valence-electron chi connectivity index (χ1n) is 19.0. The van der Waals surface area contributed by atoms with Crippen molar-refractivity contribution in [2.75, 3.05) is 36.1 Å². The van der Waals surface area contributed by atoms with Crippen molar-refractivity contribution >= 4 is 44.1 Å². The van der Waals surface area contributed by atoms with Crippen molar-refractivity contribution in [3.8, 4) is 11.5 Å². The first-order valence-corrected chi connectivity index (χ1v) is 19.9. The molecule has 2 saturated heterocycles. The number of aromatic nitrogens is 1. The summed E-state index contributed by atoms with van der Waals surface area (Å²) >= 11 is 0. The van der Waals surface area contributed by atoms with Crippen LogP contribution >= 0.6 is 0 Å². The van der Waals surface area contributed by atoms with Gasteiger partial charge in [0.1, 0.15) is 30.6 Å². The number of pyridine rings is 1. The maximum absolute atomic E-state index is 16.2. The number of esters is 1. The molecule has 0 N–H and O–H groups in total. The van der Waals surface area contributed by atoms with E-state index in [-0.39, 0.29) is 87.3 Å². The van der Waals surface area contributed by atoms with Crippen LogP contribution in [0.15, 0.2) is 65.6 Å². The van der Waals surface area contributed by atoms with E-state index in [1.54, 1.807) is 6.07 Å². The molecule has 0 bridgehead atoms. The van der Waals surface area contributed by atoms with Crippen molar-refractivity contribution < 1.29 is 41.7 Å². The molecule has 2 radical (unpaired) electrons. The van der Waals surface area contributed by atoms with Gasteiger partial charge in [0.2, 0.25) is 15.2 Å². The van der Waals surface area contributed by atoms with Crippen molar-refractivity contribution in [1.29, 1.82) is 0 Å². The molecule has 4 heterocycles. The van der Waals surface area contributed by atoms with Crippen LogP contribution in [-0.4, -0.2) is 70.4 Å². The highest BCUT2D eigenvalue weighted by Gasteiger charge is 2.44. The van der Waals surface area contributed by atoms with Crippen LogP contribution < -0.4 is 24.7 Å². The lowest BCUT2D eigenvalue weighted by Crippen LogP contribution is -2.43. The minimum Gasteiger partial charge on any atom is -0.490 e. The first-order chi connectivity index (χ1) is 26.7. The van der Waals surface area contributed by atoms with Gasteiger partial charge in [0.15, 0.2) is 23.1 Å². The van der Waals surface area contributed by atoms with E-state index in [0.717, 1.165) is 18.4 Å². The molecular weight excluding hydrogens is 741 g/mol. The Kier molecular flexibility index (Phi) is 9.84. The van der Waals surface area contributed by atoms with Gasteiger partial charge in [0.05, 0.1) is 41.4 Å². The minimum absolute atomic E-state index is 0.00397. The number of amides is 1. The van der Waals surface area contributed by atoms with E-state index in [0.29, 0.717) is 24.2 Å². The van der Waals surface area contributed by atoms with Crippen LogP contribution in [-0.2, 0) is 20.5 Å². The smallest absolute Gasteiger partial charge is 0.414 e. The molecule has 11 nitrogen and oxygen atoms in total. The third kappa shape index (κ3) is 7.48. The maximum atomic E-state index is 16.2. The second-order valence-corrected chi connectivity index (χ2v) is 18.6. The average molecular weight is 786 g/mol. The van der Waals surface area contributed by atoms with E-state index in [2.05, 4.69) is 20.8 Å². The quantitative estimate of drug-likeness (QED) is 0.112. The van der Waals surface area contributed by atoms with Gasteiger partial charge < -0.3 is 32.8 Å². The van der Waals surface area contributed by atoms with Crippen LogP contribution in [0.4, 0.5) is 25.0 Å². The fraction of sp³-hybridized carbons (Fsp3) is 0.452. The predicted octanol–water partition coefficient (Wildman–Crippen LogP) is 7.60. The number of halogens is 2. The molecule has 1 saturated carbocycles. The van der Waals surface area contributed by atoms with E-state index in [4.69, 9.17) is 23.4 Å². The van der Waals surface area contributed by atoms with Gasteiger partial charge in [-0.15, -0.1) is 0 Å². The van der Waals surface area contributed by atoms with E-state index < -0.39 is 40.8 Å². The van der Waals surface area contributed by atoms with Gasteiger partial charge in [-0.1, -0.05) is 51.1 Å². The minimum atomic E-state index is -0.767. The Morgan fingerprint density at radius 3 is 2.45 bits per heavy atom. The largest absolute Gasteiger partial charge is 0.490 e. The molecular formula is C42H45F2N3O8Si. The Morgan fingerprint density at radius 2 is 1.73 bits per heavy atom. The summed E-state index contributed by atoms with van der Waals surface area (Å²) in [6, 6.07) is 14.7. The number of ether oxygens (including phenoxy) is 4. The number of carbonyl (C=O) groups is 2. The van der Waals surface area contributed by atoms with E-state index in [9.17, 15) is 14.4 Å². The van der Waals surface area contributed by atoms with Crippen molar-refractivity contribution in [2.45, 2.75) is 89.3 Å². The van der Waals surface area contributed by atoms with Gasteiger partial charge in [-0.05, 0) is 61.9 Å². The Hall–Kier alpha value is -4.95. The lowest BCUT2D eigenvalue weighted by atomic mass is 10.0. The second kappa shape index (κ2) is 14.5. The zero-order valence-corrected chi connectivity index (χ0v) is 33.1. The van der Waals surface area contributed by atoms with Crippen molar-refractivity contribution in [2.24, 2.45) is 5.92 Å². The number of rotatable bonds is 11. The second-order valence-electron chi connectivity index (χ2n) is 16.7. The summed E-state index contributed by atoms with van der Waals surface area (Å²) in [5.74, 6) is -1.77. The summed E-state index contributed by atoms with van der Waals surface area (Å²) in [7, 11) is 0.208. The predicted molar refractivity (Wildman–Crippen MR) is 207 cm³/mol. The fourth-order valence-corrected chi connectivity index (χ4v) is 8.25. The highest BCUT2D eigenvalue weighted by molar-refractivity contribution is 6.31. The molecule has 1 amide bonds. The SMILES string of the molecule is CC(C)(C)[Si]OC(C)(C)[C@H]1CN(c2ccc(OC[C@H]3C[C@H]4COc5c(c(F)cc6c(=O)c(C(=O)OCc7ccccc7)cn(C7CC7)c56)N4C3)c(F)c2)C(=O)O1. The number of nitrogens with zero attached hydrogens (tertiary/aromatic N) is 3. The molecule has 1 aliphatic carbocycles. The number of hydrogen-bond donors (Lipinski definition) is 0. The van der Waals surface area contributed by atoms with Crippen LogP contribution in [0.25, 0.3) is 10.9 Å². The van der Waals surface area contributed by atoms with Crippen molar-refractivity contribution in [1.82, 2.24) is 4.57 Å². The van der Waals surface area contributed by atoms with Crippen molar-refractivity contribution in [3.63, 3.8) is 0 Å². The molecule has 3 atom stereocenters. The van der Waals surface area contributed by atoms with E-state index in [1.165, 1.54) is 29.3 Å². The van der Waals surface area contributed by atoms with Gasteiger partial charge >= 0.3 is 12.1 Å². The zero-order chi connectivity index (χ0) is 39.5. The van der Waals surface area contributed by atoms with E-state index in [1.807, 2.05) is 53.6 Å². The first kappa shape index (κ1) is 37.9. The molecule has 4 aromatic rings. The van der Waals surface area contributed by atoms with Crippen LogP contribution in [0.1, 0.15) is 75.8 Å². The highest BCUT2D eigenvalue weighted by atomic mass is 28.2. The number of carbonyl (C=O) groups excluding carboxylic acids is 2. The third-order valence-corrected chi connectivity index (χ3v) is 11.9. The summed E-state index contributed by atoms with van der Waals surface area (Å²) in [4.78, 5) is 43.1. The monoisotopic (exact) mass is 785 g/mol. The lowest BCUT2D eigenvalue weighted by Gasteiger charge is -2.34. The Labute approximate surface area is 326 Å². The summed E-state index contributed by atoms with van der Waals surface area (Å²) in [5.41, 5.74) is 0.374. The summed E-state index contributed by atoms with van der Waals surface area (Å²) in [6.07, 6.45) is 2.74. The Balaban J connectivity index is 0.959. The fourth-order valence-electron chi connectivity index (χ4n) is 7.55. The zero-order valence-electron chi connectivity index (χ0n) is 32.1. The molecule has 3 aromatic carbocycles. The van der Waals surface area contributed by atoms with Crippen molar-refractivity contribution in [3.05, 3.63) is 93.8 Å². The molecule has 0 spiro atoms. The third-order valence-electron chi connectivity index (χ3n) is 10.7. The van der Waals surface area contributed by atoms with Gasteiger partial charge in [0, 0.05) is 30.8 Å². The van der Waals surface area contributed by atoms with Gasteiger partial charge in [-0.2, -0.15) is 0 Å². The standard InChI is InChI=1S/C42H45F2N3O8Si/c1-41(2,3)56-55-42(4,5)34-20-47(40(50)54-34)27-13-14-33(31(43)16-27)51-22-25-15-28-23-52-38-35-29(17-32(44)36(38)45(28)18-25)37(48)30(19-46(35)26-11-12-26)39(49)53-21-24-9-7-6-8-10-24/h6-10,13-14,16-17,19,25-26,28,34H,11-12,15,18,20-23H2,1-5H3/t25-,28-,34+/m0/s1. The van der Waals surface area contributed by atoms with Crippen LogP contribution in [0.5, 0.6) is 11.5 Å². The maximum Gasteiger partial charge on any atom is 0.414 e. The van der Waals surface area contributed by atoms with Gasteiger partial charge in [-0.25, -0.2) is 18.4 Å². The number of anilines is 2.